The van der Waals surface area contributed by atoms with E-state index in [1.54, 1.807) is 37.8 Å². The summed E-state index contributed by atoms with van der Waals surface area (Å²) in [4.78, 5) is 25.1. The van der Waals surface area contributed by atoms with Gasteiger partial charge in [0.25, 0.3) is 11.5 Å². The molecule has 3 aromatic rings. The van der Waals surface area contributed by atoms with Gasteiger partial charge in [0.05, 0.1) is 23.0 Å². The lowest BCUT2D eigenvalue weighted by Crippen LogP contribution is -2.28. The van der Waals surface area contributed by atoms with Crippen LogP contribution in [0.4, 0.5) is 5.82 Å². The summed E-state index contributed by atoms with van der Waals surface area (Å²) in [5.74, 6) is -0.812. The number of hydrogen-bond acceptors (Lipinski definition) is 5. The number of pyridine rings is 1. The fourth-order valence-electron chi connectivity index (χ4n) is 2.99. The zero-order valence-electron chi connectivity index (χ0n) is 15.1. The monoisotopic (exact) mass is 387 g/mol. The summed E-state index contributed by atoms with van der Waals surface area (Å²) >= 11 is 0. The van der Waals surface area contributed by atoms with E-state index in [9.17, 15) is 14.7 Å². The third-order valence-corrected chi connectivity index (χ3v) is 4.35. The molecule has 8 nitrogen and oxygen atoms in total. The molecule has 9 heteroatoms. The minimum absolute atomic E-state index is 0. The molecule has 0 saturated carbocycles. The maximum atomic E-state index is 13.2. The number of nitrogens with zero attached hydrogens (tertiary/aromatic N) is 3. The van der Waals surface area contributed by atoms with Gasteiger partial charge in [-0.3, -0.25) is 18.8 Å². The second kappa shape index (κ2) is 7.20. The van der Waals surface area contributed by atoms with Gasteiger partial charge in [0.15, 0.2) is 0 Å². The van der Waals surface area contributed by atoms with Crippen LogP contribution in [0.3, 0.4) is 0 Å². The summed E-state index contributed by atoms with van der Waals surface area (Å²) in [6.07, 6.45) is 3.18. The molecule has 0 radical (unpaired) electrons. The largest absolute Gasteiger partial charge is 0.508 e. The summed E-state index contributed by atoms with van der Waals surface area (Å²) < 4.78 is 2.76. The summed E-state index contributed by atoms with van der Waals surface area (Å²) in [5, 5.41) is 14.1. The van der Waals surface area contributed by atoms with Crippen molar-refractivity contribution in [2.24, 2.45) is 12.8 Å². The molecule has 3 rings (SSSR count). The molecule has 5 N–H and O–H groups in total. The first kappa shape index (κ1) is 20.1. The predicted octanol–water partition coefficient (Wildman–Crippen LogP) is 1.35. The van der Waals surface area contributed by atoms with Crippen LogP contribution in [-0.2, 0) is 7.05 Å². The third kappa shape index (κ3) is 3.28. The van der Waals surface area contributed by atoms with Gasteiger partial charge in [0.2, 0.25) is 0 Å². The van der Waals surface area contributed by atoms with E-state index >= 15 is 0 Å². The van der Waals surface area contributed by atoms with Crippen molar-refractivity contribution < 1.29 is 9.90 Å². The molecular formula is C18H21N5O3S. The Kier molecular flexibility index (Phi) is 5.36. The Morgan fingerprint density at radius 3 is 2.48 bits per heavy atom. The van der Waals surface area contributed by atoms with Crippen LogP contribution in [0.25, 0.3) is 16.8 Å². The quantitative estimate of drug-likeness (QED) is 0.625. The van der Waals surface area contributed by atoms with Crippen LogP contribution in [0, 0.1) is 13.8 Å². The molecular weight excluding hydrogens is 366 g/mol. The molecule has 0 aliphatic heterocycles. The van der Waals surface area contributed by atoms with Crippen molar-refractivity contribution in [3.63, 3.8) is 0 Å². The second-order valence-corrected chi connectivity index (χ2v) is 6.14. The van der Waals surface area contributed by atoms with Gasteiger partial charge in [-0.2, -0.15) is 18.6 Å². The normalized spacial score (nSPS) is 10.5. The summed E-state index contributed by atoms with van der Waals surface area (Å²) in [6, 6.07) is 4.58. The van der Waals surface area contributed by atoms with Gasteiger partial charge >= 0.3 is 0 Å². The molecule has 27 heavy (non-hydrogen) atoms. The molecule has 0 aliphatic rings. The van der Waals surface area contributed by atoms with Crippen molar-refractivity contribution in [1.29, 1.82) is 0 Å². The molecule has 0 atom stereocenters. The van der Waals surface area contributed by atoms with E-state index in [2.05, 4.69) is 5.10 Å². The van der Waals surface area contributed by atoms with Crippen LogP contribution in [0.1, 0.15) is 21.5 Å². The van der Waals surface area contributed by atoms with Crippen LogP contribution in [-0.4, -0.2) is 25.4 Å². The highest BCUT2D eigenvalue weighted by atomic mass is 32.1. The number of phenols is 1. The highest BCUT2D eigenvalue weighted by Crippen LogP contribution is 2.29. The molecule has 142 valence electrons. The molecule has 0 saturated heterocycles. The van der Waals surface area contributed by atoms with E-state index in [0.717, 1.165) is 0 Å². The fourth-order valence-corrected chi connectivity index (χ4v) is 2.99. The highest BCUT2D eigenvalue weighted by molar-refractivity contribution is 7.59. The summed E-state index contributed by atoms with van der Waals surface area (Å²) in [5.41, 5.74) is 13.5. The standard InChI is InChI=1S/C18H19N5O3.H2S/c1-9-4-5-14(24)10(2)15(9)23-16(19)13(17(20)25)6-12(18(23)26)11-7-21-22(3)8-11;/h4-8,24H,19H2,1-3H3,(H2,20,25);1H2. The number of aromatic nitrogens is 3. The topological polar surface area (TPSA) is 129 Å². The number of aryl methyl sites for hydroxylation is 2. The molecule has 0 bridgehead atoms. The van der Waals surface area contributed by atoms with Crippen LogP contribution < -0.4 is 17.0 Å². The maximum absolute atomic E-state index is 13.2. The number of carbonyl (C=O) groups excluding carboxylic acids is 1. The van der Waals surface area contributed by atoms with Gasteiger partial charge in [-0.15, -0.1) is 0 Å². The van der Waals surface area contributed by atoms with Crippen molar-refractivity contribution in [1.82, 2.24) is 14.3 Å². The summed E-state index contributed by atoms with van der Waals surface area (Å²) in [6.45, 7) is 3.46. The lowest BCUT2D eigenvalue weighted by molar-refractivity contribution is 0.100. The maximum Gasteiger partial charge on any atom is 0.264 e. The average molecular weight is 387 g/mol. The van der Waals surface area contributed by atoms with Crippen molar-refractivity contribution in [3.8, 4) is 22.6 Å². The van der Waals surface area contributed by atoms with E-state index in [1.165, 1.54) is 22.9 Å². The molecule has 1 aromatic carbocycles. The van der Waals surface area contributed by atoms with Gasteiger partial charge in [-0.1, -0.05) is 6.07 Å². The zero-order chi connectivity index (χ0) is 19.2. The molecule has 0 aliphatic carbocycles. The molecule has 2 heterocycles. The molecule has 2 aromatic heterocycles. The van der Waals surface area contributed by atoms with E-state index in [-0.39, 0.29) is 36.2 Å². The van der Waals surface area contributed by atoms with Gasteiger partial charge in [0.1, 0.15) is 11.6 Å². The Morgan fingerprint density at radius 1 is 1.26 bits per heavy atom. The zero-order valence-corrected chi connectivity index (χ0v) is 16.1. The average Bonchev–Trinajstić information content (AvgIpc) is 3.00. The number of aromatic hydroxyl groups is 1. The van der Waals surface area contributed by atoms with E-state index in [0.29, 0.717) is 22.4 Å². The lowest BCUT2D eigenvalue weighted by Gasteiger charge is -2.19. The summed E-state index contributed by atoms with van der Waals surface area (Å²) in [7, 11) is 1.72. The minimum Gasteiger partial charge on any atom is -0.508 e. The third-order valence-electron chi connectivity index (χ3n) is 4.35. The first-order chi connectivity index (χ1) is 12.2. The molecule has 1 amide bonds. The van der Waals surface area contributed by atoms with Crippen molar-refractivity contribution >= 4 is 25.2 Å². The van der Waals surface area contributed by atoms with Crippen molar-refractivity contribution in [2.75, 3.05) is 5.73 Å². The van der Waals surface area contributed by atoms with Crippen LogP contribution >= 0.6 is 13.5 Å². The minimum atomic E-state index is -0.753. The van der Waals surface area contributed by atoms with Gasteiger partial charge in [0, 0.05) is 24.4 Å². The molecule has 0 fully saturated rings. The Bertz CT molecular complexity index is 1100. The van der Waals surface area contributed by atoms with E-state index < -0.39 is 11.5 Å². The van der Waals surface area contributed by atoms with Crippen LogP contribution in [0.5, 0.6) is 5.75 Å². The number of carbonyl (C=O) groups is 1. The lowest BCUT2D eigenvalue weighted by atomic mass is 10.0. The molecule has 0 spiro atoms. The molecule has 0 unspecified atom stereocenters. The van der Waals surface area contributed by atoms with E-state index in [1.807, 2.05) is 0 Å². The number of nitrogen functional groups attached to an aromatic ring is 1. The number of phenolic OH excluding ortho intramolecular Hbond substituents is 1. The fraction of sp³-hybridized carbons (Fsp3) is 0.167. The number of anilines is 1. The Labute approximate surface area is 162 Å². The number of benzene rings is 1. The number of rotatable bonds is 3. The first-order valence-corrected chi connectivity index (χ1v) is 7.86. The first-order valence-electron chi connectivity index (χ1n) is 7.86. The van der Waals surface area contributed by atoms with Crippen LogP contribution in [0.2, 0.25) is 0 Å². The number of hydrogen-bond donors (Lipinski definition) is 3. The number of amides is 1. The van der Waals surface area contributed by atoms with Crippen LogP contribution in [0.15, 0.2) is 35.4 Å². The van der Waals surface area contributed by atoms with Gasteiger partial charge in [-0.05, 0) is 31.5 Å². The van der Waals surface area contributed by atoms with Crippen molar-refractivity contribution in [2.45, 2.75) is 13.8 Å². The number of primary amides is 1. The Balaban J connectivity index is 0.00000261. The SMILES string of the molecule is Cc1ccc(O)c(C)c1-n1c(N)c(C(N)=O)cc(-c2cnn(C)c2)c1=O.S. The Hall–Kier alpha value is -3.20. The second-order valence-electron chi connectivity index (χ2n) is 6.14. The predicted molar refractivity (Wildman–Crippen MR) is 109 cm³/mol. The van der Waals surface area contributed by atoms with E-state index in [4.69, 9.17) is 11.5 Å². The van der Waals surface area contributed by atoms with Gasteiger partial charge < -0.3 is 16.6 Å². The van der Waals surface area contributed by atoms with Crippen molar-refractivity contribution in [3.05, 3.63) is 57.6 Å². The van der Waals surface area contributed by atoms with Gasteiger partial charge in [-0.25, -0.2) is 0 Å². The smallest absolute Gasteiger partial charge is 0.264 e. The highest BCUT2D eigenvalue weighted by Gasteiger charge is 2.21. The number of nitrogens with two attached hydrogens (primary N) is 2. The Morgan fingerprint density at radius 2 is 1.93 bits per heavy atom.